The Labute approximate surface area is 205 Å². The summed E-state index contributed by atoms with van der Waals surface area (Å²) in [5, 5.41) is 1.06. The van der Waals surface area contributed by atoms with Crippen LogP contribution in [0, 0.1) is 12.1 Å². The molecule has 0 N–H and O–H groups in total. The molecule has 4 heterocycles. The van der Waals surface area contributed by atoms with Gasteiger partial charge in [-0.2, -0.15) is 18.2 Å². The zero-order valence-electron chi connectivity index (χ0n) is 17.3. The number of hydrogen-bond acceptors (Lipinski definition) is 4. The Morgan fingerprint density at radius 3 is 2.33 bits per heavy atom. The van der Waals surface area contributed by atoms with Crippen molar-refractivity contribution in [3.8, 4) is 28.6 Å². The molecule has 0 bridgehead atoms. The van der Waals surface area contributed by atoms with Crippen molar-refractivity contribution in [2.24, 2.45) is 0 Å². The second-order valence-electron chi connectivity index (χ2n) is 7.23. The number of para-hydroxylation sites is 1. The van der Waals surface area contributed by atoms with Gasteiger partial charge in [0, 0.05) is 35.2 Å². The third kappa shape index (κ3) is 3.92. The Bertz CT molecular complexity index is 1550. The van der Waals surface area contributed by atoms with Crippen LogP contribution in [0.25, 0.3) is 38.9 Å². The molecule has 160 valence electrons. The summed E-state index contributed by atoms with van der Waals surface area (Å²) in [5.74, 6) is 1.93. The van der Waals surface area contributed by atoms with Gasteiger partial charge in [0.15, 0.2) is 0 Å². The molecule has 33 heavy (non-hydrogen) atoms. The molecule has 5 nitrogen and oxygen atoms in total. The number of rotatable bonds is 4. The minimum absolute atomic E-state index is 0. The van der Waals surface area contributed by atoms with Crippen molar-refractivity contribution in [2.75, 3.05) is 0 Å². The van der Waals surface area contributed by atoms with Crippen molar-refractivity contribution in [3.05, 3.63) is 110 Å². The molecule has 0 aliphatic rings. The van der Waals surface area contributed by atoms with Crippen LogP contribution < -0.4 is 4.74 Å². The molecule has 0 radical (unpaired) electrons. The Morgan fingerprint density at radius 2 is 1.52 bits per heavy atom. The van der Waals surface area contributed by atoms with Crippen LogP contribution in [-0.2, 0) is 21.1 Å². The fourth-order valence-electron chi connectivity index (χ4n) is 3.80. The molecule has 0 fully saturated rings. The second kappa shape index (κ2) is 8.97. The van der Waals surface area contributed by atoms with Gasteiger partial charge in [-0.15, -0.1) is 12.1 Å². The molecule has 6 aromatic rings. The molecule has 0 amide bonds. The van der Waals surface area contributed by atoms with Crippen LogP contribution in [0.5, 0.6) is 11.6 Å². The van der Waals surface area contributed by atoms with Gasteiger partial charge < -0.3 is 14.3 Å². The predicted octanol–water partition coefficient (Wildman–Crippen LogP) is 6.03. The molecule has 0 saturated heterocycles. The van der Waals surface area contributed by atoms with E-state index < -0.39 is 0 Å². The number of ether oxygens (including phenoxy) is 1. The fourth-order valence-corrected chi connectivity index (χ4v) is 3.80. The quantitative estimate of drug-likeness (QED) is 0.230. The number of benzene rings is 2. The third-order valence-electron chi connectivity index (χ3n) is 5.21. The SMILES string of the molecule is [Pt+2].[c-]1c(Oc2ccccn2)cccc1-c1[c-]c2c(nc1)c1ccccc1n2-c1ccccn1. The van der Waals surface area contributed by atoms with Gasteiger partial charge in [-0.25, -0.2) is 21.1 Å². The van der Waals surface area contributed by atoms with Crippen LogP contribution in [0.3, 0.4) is 0 Å². The monoisotopic (exact) mass is 607 g/mol. The van der Waals surface area contributed by atoms with Gasteiger partial charge in [-0.05, 0) is 35.2 Å². The summed E-state index contributed by atoms with van der Waals surface area (Å²) in [6, 6.07) is 32.2. The van der Waals surface area contributed by atoms with E-state index >= 15 is 0 Å². The van der Waals surface area contributed by atoms with Crippen molar-refractivity contribution >= 4 is 21.9 Å². The molecule has 0 spiro atoms. The average molecular weight is 608 g/mol. The fraction of sp³-hybridized carbons (Fsp3) is 0. The Kier molecular flexibility index (Phi) is 5.72. The van der Waals surface area contributed by atoms with Crippen LogP contribution in [0.2, 0.25) is 0 Å². The topological polar surface area (TPSA) is 52.8 Å². The molecule has 0 unspecified atom stereocenters. The van der Waals surface area contributed by atoms with Gasteiger partial charge in [0.2, 0.25) is 5.88 Å². The van der Waals surface area contributed by atoms with Crippen LogP contribution >= 0.6 is 0 Å². The van der Waals surface area contributed by atoms with E-state index in [9.17, 15) is 0 Å². The van der Waals surface area contributed by atoms with Crippen molar-refractivity contribution in [1.82, 2.24) is 19.5 Å². The Balaban J connectivity index is 0.00000228. The zero-order chi connectivity index (χ0) is 21.3. The van der Waals surface area contributed by atoms with Gasteiger partial charge in [-0.3, -0.25) is 0 Å². The maximum Gasteiger partial charge on any atom is 2.00 e. The van der Waals surface area contributed by atoms with Gasteiger partial charge >= 0.3 is 21.1 Å². The molecule has 0 aliphatic heterocycles. The van der Waals surface area contributed by atoms with Crippen LogP contribution in [0.4, 0.5) is 0 Å². The maximum atomic E-state index is 5.85. The summed E-state index contributed by atoms with van der Waals surface area (Å²) < 4.78 is 7.95. The maximum absolute atomic E-state index is 5.85. The second-order valence-corrected chi connectivity index (χ2v) is 7.23. The number of aromatic nitrogens is 4. The smallest absolute Gasteiger partial charge is 0.460 e. The minimum Gasteiger partial charge on any atom is -0.460 e. The van der Waals surface area contributed by atoms with E-state index in [0.29, 0.717) is 11.6 Å². The third-order valence-corrected chi connectivity index (χ3v) is 5.21. The van der Waals surface area contributed by atoms with Crippen LogP contribution in [0.1, 0.15) is 0 Å². The van der Waals surface area contributed by atoms with E-state index in [0.717, 1.165) is 38.9 Å². The summed E-state index contributed by atoms with van der Waals surface area (Å²) in [5.41, 5.74) is 4.45. The predicted molar refractivity (Wildman–Crippen MR) is 124 cm³/mol. The van der Waals surface area contributed by atoms with Crippen molar-refractivity contribution in [1.29, 1.82) is 0 Å². The summed E-state index contributed by atoms with van der Waals surface area (Å²) in [4.78, 5) is 13.6. The van der Waals surface area contributed by atoms with Crippen LogP contribution in [0.15, 0.2) is 97.5 Å². The van der Waals surface area contributed by atoms with Crippen LogP contribution in [-0.4, -0.2) is 19.5 Å². The Hall–Kier alpha value is -3.82. The van der Waals surface area contributed by atoms with Gasteiger partial charge in [0.05, 0.1) is 0 Å². The summed E-state index contributed by atoms with van der Waals surface area (Å²) in [6.45, 7) is 0. The standard InChI is InChI=1S/C27H16N4O.Pt/c1-2-11-23-22(10-1)27-24(31(23)25-12-3-5-14-28-25)17-20(18-30-27)19-8-7-9-21(16-19)32-26-13-4-6-15-29-26;/h1-15,18H;/q-2;+2. The normalized spacial score (nSPS) is 10.8. The molecular formula is C27H16N4OPt. The average Bonchev–Trinajstić information content (AvgIpc) is 3.19. The van der Waals surface area contributed by atoms with E-state index in [2.05, 4.69) is 38.8 Å². The molecule has 6 heteroatoms. The first-order valence-electron chi connectivity index (χ1n) is 10.2. The Morgan fingerprint density at radius 1 is 0.697 bits per heavy atom. The van der Waals surface area contributed by atoms with E-state index in [1.807, 2.05) is 72.9 Å². The zero-order valence-corrected chi connectivity index (χ0v) is 19.5. The molecule has 6 rings (SSSR count). The summed E-state index contributed by atoms with van der Waals surface area (Å²) >= 11 is 0. The number of nitrogens with zero attached hydrogens (tertiary/aromatic N) is 4. The van der Waals surface area contributed by atoms with Crippen molar-refractivity contribution in [2.45, 2.75) is 0 Å². The van der Waals surface area contributed by atoms with E-state index in [1.54, 1.807) is 12.4 Å². The van der Waals surface area contributed by atoms with Gasteiger partial charge in [0.1, 0.15) is 5.82 Å². The summed E-state index contributed by atoms with van der Waals surface area (Å²) in [6.07, 6.45) is 5.31. The van der Waals surface area contributed by atoms with Crippen molar-refractivity contribution < 1.29 is 25.8 Å². The molecule has 0 aliphatic carbocycles. The van der Waals surface area contributed by atoms with Crippen molar-refractivity contribution in [3.63, 3.8) is 0 Å². The largest absolute Gasteiger partial charge is 2.00 e. The molecule has 4 aromatic heterocycles. The first-order chi connectivity index (χ1) is 15.9. The molecular weight excluding hydrogens is 591 g/mol. The van der Waals surface area contributed by atoms with Gasteiger partial charge in [-0.1, -0.05) is 36.5 Å². The number of pyridine rings is 3. The number of hydrogen-bond donors (Lipinski definition) is 0. The number of fused-ring (bicyclic) bond motifs is 3. The van der Waals surface area contributed by atoms with E-state index in [-0.39, 0.29) is 21.1 Å². The molecule has 0 atom stereocenters. The first-order valence-corrected chi connectivity index (χ1v) is 10.2. The van der Waals surface area contributed by atoms with E-state index in [4.69, 9.17) is 9.72 Å². The molecule has 2 aromatic carbocycles. The minimum atomic E-state index is 0. The molecule has 0 saturated carbocycles. The van der Waals surface area contributed by atoms with E-state index in [1.165, 1.54) is 0 Å². The first kappa shape index (κ1) is 21.0. The van der Waals surface area contributed by atoms with Gasteiger partial charge in [0.25, 0.3) is 0 Å². The summed E-state index contributed by atoms with van der Waals surface area (Å²) in [7, 11) is 0.